The third kappa shape index (κ3) is 6.21. The van der Waals surface area contributed by atoms with Crippen LogP contribution >= 0.6 is 22.6 Å². The van der Waals surface area contributed by atoms with Crippen molar-refractivity contribution in [3.8, 4) is 0 Å². The number of carbonyl (C=O) groups excluding carboxylic acids is 1. The lowest BCUT2D eigenvalue weighted by atomic mass is 10.2. The monoisotopic (exact) mass is 424 g/mol. The number of hydrogen-bond acceptors (Lipinski definition) is 3. The molecule has 0 aromatic heterocycles. The van der Waals surface area contributed by atoms with Crippen LogP contribution < -0.4 is 9.62 Å². The predicted molar refractivity (Wildman–Crippen MR) is 93.9 cm³/mol. The molecule has 1 rings (SSSR count). The summed E-state index contributed by atoms with van der Waals surface area (Å²) in [5.74, 6) is -0.292. The maximum atomic E-state index is 12.0. The fraction of sp³-hybridized carbons (Fsp3) is 0.500. The first-order valence-electron chi connectivity index (χ1n) is 6.76. The van der Waals surface area contributed by atoms with E-state index >= 15 is 0 Å². The Hall–Kier alpha value is -0.830. The van der Waals surface area contributed by atoms with Crippen LogP contribution in [0.1, 0.15) is 26.7 Å². The lowest BCUT2D eigenvalue weighted by Gasteiger charge is -2.23. The van der Waals surface area contributed by atoms with Crippen LogP contribution in [0.4, 0.5) is 5.69 Å². The summed E-state index contributed by atoms with van der Waals surface area (Å²) in [7, 11) is -3.50. The third-order valence-electron chi connectivity index (χ3n) is 2.93. The summed E-state index contributed by atoms with van der Waals surface area (Å²) in [6.07, 6.45) is 2.94. The standard InChI is InChI=1S/C14H21IN2O3S/c1-4-5-11(2)16-14(18)10-17(21(3,19)20)13-8-6-12(15)7-9-13/h6-9,11H,4-5,10H2,1-3H3,(H,16,18). The molecule has 1 atom stereocenters. The van der Waals surface area contributed by atoms with E-state index in [-0.39, 0.29) is 18.5 Å². The maximum Gasteiger partial charge on any atom is 0.240 e. The Kier molecular flexibility index (Phi) is 6.92. The molecule has 1 N–H and O–H groups in total. The second kappa shape index (κ2) is 7.98. The van der Waals surface area contributed by atoms with Gasteiger partial charge in [0.05, 0.1) is 11.9 Å². The van der Waals surface area contributed by atoms with E-state index in [1.165, 1.54) is 0 Å². The first-order chi connectivity index (χ1) is 9.74. The van der Waals surface area contributed by atoms with Crippen LogP contribution in [0.3, 0.4) is 0 Å². The second-order valence-corrected chi connectivity index (χ2v) is 8.16. The SMILES string of the molecule is CCCC(C)NC(=O)CN(c1ccc(I)cc1)S(C)(=O)=O. The topological polar surface area (TPSA) is 66.5 Å². The zero-order valence-corrected chi connectivity index (χ0v) is 15.4. The van der Waals surface area contributed by atoms with Gasteiger partial charge in [0, 0.05) is 9.61 Å². The van der Waals surface area contributed by atoms with Crippen molar-refractivity contribution in [1.82, 2.24) is 5.32 Å². The van der Waals surface area contributed by atoms with E-state index in [0.29, 0.717) is 5.69 Å². The average Bonchev–Trinajstić information content (AvgIpc) is 2.36. The fourth-order valence-corrected chi connectivity index (χ4v) is 3.18. The van der Waals surface area contributed by atoms with Crippen molar-refractivity contribution < 1.29 is 13.2 Å². The zero-order chi connectivity index (χ0) is 16.0. The van der Waals surface area contributed by atoms with Gasteiger partial charge in [-0.25, -0.2) is 8.42 Å². The molecule has 1 aromatic carbocycles. The number of nitrogens with zero attached hydrogens (tertiary/aromatic N) is 1. The molecule has 0 saturated heterocycles. The average molecular weight is 424 g/mol. The van der Waals surface area contributed by atoms with Crippen LogP contribution in [0.25, 0.3) is 0 Å². The van der Waals surface area contributed by atoms with Gasteiger partial charge in [-0.2, -0.15) is 0 Å². The van der Waals surface area contributed by atoms with Crippen molar-refractivity contribution in [3.05, 3.63) is 27.8 Å². The molecular formula is C14H21IN2O3S. The highest BCUT2D eigenvalue weighted by Crippen LogP contribution is 2.18. The molecule has 7 heteroatoms. The first kappa shape index (κ1) is 18.2. The Morgan fingerprint density at radius 3 is 2.38 bits per heavy atom. The van der Waals surface area contributed by atoms with Gasteiger partial charge in [-0.1, -0.05) is 13.3 Å². The minimum absolute atomic E-state index is 0.0423. The van der Waals surface area contributed by atoms with Crippen LogP contribution in [0.15, 0.2) is 24.3 Å². The smallest absolute Gasteiger partial charge is 0.240 e. The normalized spacial score (nSPS) is 12.8. The van der Waals surface area contributed by atoms with Crippen molar-refractivity contribution in [2.45, 2.75) is 32.7 Å². The number of carbonyl (C=O) groups is 1. The summed E-state index contributed by atoms with van der Waals surface area (Å²) < 4.78 is 25.9. The molecule has 0 aliphatic rings. The van der Waals surface area contributed by atoms with Crippen molar-refractivity contribution in [1.29, 1.82) is 0 Å². The molecule has 118 valence electrons. The molecule has 0 bridgehead atoms. The minimum Gasteiger partial charge on any atom is -0.352 e. The van der Waals surface area contributed by atoms with Crippen LogP contribution in [0.2, 0.25) is 0 Å². The highest BCUT2D eigenvalue weighted by atomic mass is 127. The van der Waals surface area contributed by atoms with Gasteiger partial charge in [-0.3, -0.25) is 9.10 Å². The zero-order valence-electron chi connectivity index (χ0n) is 12.5. The number of nitrogens with one attached hydrogen (secondary N) is 1. The molecule has 5 nitrogen and oxygen atoms in total. The molecule has 0 heterocycles. The van der Waals surface area contributed by atoms with Crippen LogP contribution in [0.5, 0.6) is 0 Å². The summed E-state index contributed by atoms with van der Waals surface area (Å²) in [5, 5.41) is 2.82. The largest absolute Gasteiger partial charge is 0.352 e. The fourth-order valence-electron chi connectivity index (χ4n) is 1.96. The minimum atomic E-state index is -3.50. The molecule has 0 aliphatic carbocycles. The predicted octanol–water partition coefficient (Wildman–Crippen LogP) is 2.36. The van der Waals surface area contributed by atoms with Gasteiger partial charge in [0.1, 0.15) is 6.54 Å². The van der Waals surface area contributed by atoms with E-state index < -0.39 is 10.0 Å². The Balaban J connectivity index is 2.86. The van der Waals surface area contributed by atoms with Gasteiger partial charge < -0.3 is 5.32 Å². The maximum absolute atomic E-state index is 12.0. The molecule has 0 saturated carbocycles. The lowest BCUT2D eigenvalue weighted by Crippen LogP contribution is -2.43. The van der Waals surface area contributed by atoms with Crippen molar-refractivity contribution >= 4 is 44.2 Å². The Morgan fingerprint density at radius 1 is 1.33 bits per heavy atom. The summed E-state index contributed by atoms with van der Waals surface area (Å²) in [6.45, 7) is 3.75. The van der Waals surface area contributed by atoms with Gasteiger partial charge in [-0.05, 0) is 60.2 Å². The van der Waals surface area contributed by atoms with Gasteiger partial charge in [0.15, 0.2) is 0 Å². The van der Waals surface area contributed by atoms with E-state index in [2.05, 4.69) is 27.9 Å². The number of rotatable bonds is 7. The van der Waals surface area contributed by atoms with Crippen LogP contribution in [0, 0.1) is 3.57 Å². The summed E-state index contributed by atoms with van der Waals surface area (Å²) in [5.41, 5.74) is 0.496. The molecule has 21 heavy (non-hydrogen) atoms. The molecule has 1 unspecified atom stereocenters. The number of amides is 1. The highest BCUT2D eigenvalue weighted by Gasteiger charge is 2.21. The van der Waals surface area contributed by atoms with Crippen LogP contribution in [-0.2, 0) is 14.8 Å². The van der Waals surface area contributed by atoms with E-state index in [0.717, 1.165) is 27.0 Å². The molecular weight excluding hydrogens is 403 g/mol. The van der Waals surface area contributed by atoms with E-state index in [1.54, 1.807) is 12.1 Å². The van der Waals surface area contributed by atoms with E-state index in [9.17, 15) is 13.2 Å². The van der Waals surface area contributed by atoms with Crippen molar-refractivity contribution in [2.75, 3.05) is 17.1 Å². The highest BCUT2D eigenvalue weighted by molar-refractivity contribution is 14.1. The quantitative estimate of drug-likeness (QED) is 0.684. The molecule has 1 aromatic rings. The molecule has 0 radical (unpaired) electrons. The summed E-state index contributed by atoms with van der Waals surface area (Å²) in [4.78, 5) is 12.0. The van der Waals surface area contributed by atoms with Gasteiger partial charge in [0.25, 0.3) is 0 Å². The molecule has 0 spiro atoms. The second-order valence-electron chi connectivity index (χ2n) is 5.00. The van der Waals surface area contributed by atoms with Gasteiger partial charge in [0.2, 0.25) is 15.9 Å². The number of anilines is 1. The summed E-state index contributed by atoms with van der Waals surface area (Å²) in [6, 6.07) is 7.06. The van der Waals surface area contributed by atoms with E-state index in [4.69, 9.17) is 0 Å². The number of sulfonamides is 1. The summed E-state index contributed by atoms with van der Waals surface area (Å²) >= 11 is 2.14. The van der Waals surface area contributed by atoms with Gasteiger partial charge >= 0.3 is 0 Å². The van der Waals surface area contributed by atoms with Crippen molar-refractivity contribution in [2.24, 2.45) is 0 Å². The molecule has 0 fully saturated rings. The lowest BCUT2D eigenvalue weighted by molar-refractivity contribution is -0.120. The number of halogens is 1. The van der Waals surface area contributed by atoms with E-state index in [1.807, 2.05) is 26.0 Å². The van der Waals surface area contributed by atoms with Crippen LogP contribution in [-0.4, -0.2) is 33.2 Å². The molecule has 0 aliphatic heterocycles. The Bertz CT molecular complexity index is 572. The van der Waals surface area contributed by atoms with Gasteiger partial charge in [-0.15, -0.1) is 0 Å². The number of benzene rings is 1. The first-order valence-corrected chi connectivity index (χ1v) is 9.69. The number of hydrogen-bond donors (Lipinski definition) is 1. The Morgan fingerprint density at radius 2 is 1.90 bits per heavy atom. The molecule has 1 amide bonds. The Labute approximate surface area is 140 Å². The van der Waals surface area contributed by atoms with Crippen molar-refractivity contribution in [3.63, 3.8) is 0 Å². The third-order valence-corrected chi connectivity index (χ3v) is 4.79.